The molecule has 0 spiro atoms. The average molecular weight is 207 g/mol. The van der Waals surface area contributed by atoms with Crippen molar-refractivity contribution in [3.05, 3.63) is 11.7 Å². The van der Waals surface area contributed by atoms with Gasteiger partial charge in [-0.15, -0.1) is 12.4 Å². The van der Waals surface area contributed by atoms with E-state index in [1.807, 2.05) is 0 Å². The molecule has 1 amide bonds. The highest BCUT2D eigenvalue weighted by atomic mass is 35.5. The minimum atomic E-state index is -0.594. The van der Waals surface area contributed by atoms with Crippen LogP contribution in [-0.4, -0.2) is 16.0 Å². The number of primary amides is 1. The number of carbonyl (C=O) groups is 1. The summed E-state index contributed by atoms with van der Waals surface area (Å²) in [5.74, 6) is 0.245. The molecule has 7 heteroatoms. The molecule has 13 heavy (non-hydrogen) atoms. The van der Waals surface area contributed by atoms with Gasteiger partial charge in [-0.2, -0.15) is 4.98 Å². The molecule has 0 radical (unpaired) electrons. The van der Waals surface area contributed by atoms with E-state index in [0.29, 0.717) is 5.82 Å². The first-order valence-corrected chi connectivity index (χ1v) is 3.43. The Balaban J connectivity index is 0.00000144. The van der Waals surface area contributed by atoms with Gasteiger partial charge in [0.2, 0.25) is 11.8 Å². The number of nitrogens with zero attached hydrogens (tertiary/aromatic N) is 2. The summed E-state index contributed by atoms with van der Waals surface area (Å²) in [5, 5.41) is 3.53. The van der Waals surface area contributed by atoms with E-state index >= 15 is 0 Å². The summed E-state index contributed by atoms with van der Waals surface area (Å²) < 4.78 is 4.73. The maximum absolute atomic E-state index is 10.4. The van der Waals surface area contributed by atoms with E-state index in [-0.39, 0.29) is 24.7 Å². The summed E-state index contributed by atoms with van der Waals surface area (Å²) in [6.07, 6.45) is 0.0155. The Morgan fingerprint density at radius 3 is 2.69 bits per heavy atom. The number of rotatable bonds is 3. The molecule has 0 fully saturated rings. The molecule has 0 aromatic carbocycles. The van der Waals surface area contributed by atoms with Crippen LogP contribution in [0.25, 0.3) is 0 Å². The van der Waals surface area contributed by atoms with Crippen molar-refractivity contribution < 1.29 is 9.32 Å². The van der Waals surface area contributed by atoms with Crippen LogP contribution >= 0.6 is 12.4 Å². The van der Waals surface area contributed by atoms with Gasteiger partial charge in [-0.05, 0) is 6.92 Å². The zero-order valence-corrected chi connectivity index (χ0v) is 7.87. The first-order valence-electron chi connectivity index (χ1n) is 3.43. The van der Waals surface area contributed by atoms with Crippen LogP contribution in [0.5, 0.6) is 0 Å². The molecule has 1 heterocycles. The van der Waals surface area contributed by atoms with Crippen LogP contribution in [0.1, 0.15) is 24.2 Å². The molecule has 4 N–H and O–H groups in total. The van der Waals surface area contributed by atoms with E-state index < -0.39 is 11.9 Å². The number of carbonyl (C=O) groups excluding carboxylic acids is 1. The second-order valence-electron chi connectivity index (χ2n) is 2.46. The molecule has 0 bridgehead atoms. The van der Waals surface area contributed by atoms with Crippen molar-refractivity contribution in [1.29, 1.82) is 0 Å². The highest BCUT2D eigenvalue weighted by Gasteiger charge is 2.15. The molecule has 6 nitrogen and oxygen atoms in total. The Hall–Kier alpha value is -1.14. The van der Waals surface area contributed by atoms with Gasteiger partial charge in [0, 0.05) is 0 Å². The van der Waals surface area contributed by atoms with Crippen molar-refractivity contribution in [2.75, 3.05) is 0 Å². The third kappa shape index (κ3) is 3.39. The summed E-state index contributed by atoms with van der Waals surface area (Å²) in [5.41, 5.74) is 10.4. The lowest BCUT2D eigenvalue weighted by atomic mass is 10.2. The predicted molar refractivity (Wildman–Crippen MR) is 47.0 cm³/mol. The van der Waals surface area contributed by atoms with Gasteiger partial charge in [-0.1, -0.05) is 5.16 Å². The first-order chi connectivity index (χ1) is 5.59. The quantitative estimate of drug-likeness (QED) is 0.704. The van der Waals surface area contributed by atoms with E-state index in [2.05, 4.69) is 10.1 Å². The SMILES string of the molecule is Cc1noc(C(N)CC(N)=O)n1.Cl. The Bertz CT molecular complexity index is 288. The number of hydrogen-bond donors (Lipinski definition) is 2. The predicted octanol–water partition coefficient (Wildman–Crippen LogP) is -0.325. The molecule has 0 saturated heterocycles. The lowest BCUT2D eigenvalue weighted by molar-refractivity contribution is -0.118. The molecular formula is C6H11ClN4O2. The lowest BCUT2D eigenvalue weighted by Crippen LogP contribution is -2.20. The monoisotopic (exact) mass is 206 g/mol. The standard InChI is InChI=1S/C6H10N4O2.ClH/c1-3-9-6(12-10-3)4(7)2-5(8)11;/h4H,2,7H2,1H3,(H2,8,11);1H. The first kappa shape index (κ1) is 11.9. The second kappa shape index (κ2) is 4.78. The van der Waals surface area contributed by atoms with Crippen LogP contribution in [-0.2, 0) is 4.79 Å². The molecule has 1 unspecified atom stereocenters. The normalized spacial score (nSPS) is 11.8. The smallest absolute Gasteiger partial charge is 0.244 e. The molecule has 1 atom stereocenters. The van der Waals surface area contributed by atoms with E-state index in [9.17, 15) is 4.79 Å². The van der Waals surface area contributed by atoms with Crippen LogP contribution in [0, 0.1) is 6.92 Å². The zero-order chi connectivity index (χ0) is 9.14. The van der Waals surface area contributed by atoms with Crippen LogP contribution in [0.2, 0.25) is 0 Å². The van der Waals surface area contributed by atoms with Crippen LogP contribution in [0.15, 0.2) is 4.52 Å². The molecule has 0 saturated carbocycles. The molecular weight excluding hydrogens is 196 g/mol. The van der Waals surface area contributed by atoms with E-state index in [1.165, 1.54) is 0 Å². The minimum absolute atomic E-state index is 0. The van der Waals surface area contributed by atoms with E-state index in [4.69, 9.17) is 16.0 Å². The minimum Gasteiger partial charge on any atom is -0.370 e. The number of aromatic nitrogens is 2. The number of amides is 1. The Morgan fingerprint density at radius 1 is 1.69 bits per heavy atom. The molecule has 0 aliphatic heterocycles. The van der Waals surface area contributed by atoms with Crippen LogP contribution < -0.4 is 11.5 Å². The summed E-state index contributed by atoms with van der Waals surface area (Å²) >= 11 is 0. The van der Waals surface area contributed by atoms with Gasteiger partial charge in [0.1, 0.15) is 0 Å². The topological polar surface area (TPSA) is 108 Å². The number of hydrogen-bond acceptors (Lipinski definition) is 5. The lowest BCUT2D eigenvalue weighted by Gasteiger charge is -2.01. The summed E-state index contributed by atoms with van der Waals surface area (Å²) in [6, 6.07) is -0.594. The van der Waals surface area contributed by atoms with E-state index in [1.54, 1.807) is 6.92 Å². The number of nitrogens with two attached hydrogens (primary N) is 2. The fraction of sp³-hybridized carbons (Fsp3) is 0.500. The van der Waals surface area contributed by atoms with Gasteiger partial charge in [0.15, 0.2) is 5.82 Å². The number of halogens is 1. The second-order valence-corrected chi connectivity index (χ2v) is 2.46. The van der Waals surface area contributed by atoms with Crippen molar-refractivity contribution in [2.45, 2.75) is 19.4 Å². The maximum Gasteiger partial charge on any atom is 0.244 e. The maximum atomic E-state index is 10.4. The molecule has 74 valence electrons. The van der Waals surface area contributed by atoms with Crippen molar-refractivity contribution in [2.24, 2.45) is 11.5 Å². The van der Waals surface area contributed by atoms with Crippen molar-refractivity contribution in [1.82, 2.24) is 10.1 Å². The highest BCUT2D eigenvalue weighted by molar-refractivity contribution is 5.85. The Kier molecular flexibility index (Phi) is 4.36. The van der Waals surface area contributed by atoms with Gasteiger partial charge in [0.25, 0.3) is 0 Å². The van der Waals surface area contributed by atoms with Gasteiger partial charge >= 0.3 is 0 Å². The molecule has 0 aliphatic rings. The van der Waals surface area contributed by atoms with Crippen molar-refractivity contribution >= 4 is 18.3 Å². The summed E-state index contributed by atoms with van der Waals surface area (Å²) in [6.45, 7) is 1.67. The fourth-order valence-electron chi connectivity index (χ4n) is 0.768. The third-order valence-corrected chi connectivity index (χ3v) is 1.28. The molecule has 1 aromatic heterocycles. The van der Waals surface area contributed by atoms with Crippen molar-refractivity contribution in [3.63, 3.8) is 0 Å². The third-order valence-electron chi connectivity index (χ3n) is 1.28. The summed E-state index contributed by atoms with van der Waals surface area (Å²) in [7, 11) is 0. The zero-order valence-electron chi connectivity index (χ0n) is 7.06. The Morgan fingerprint density at radius 2 is 2.31 bits per heavy atom. The average Bonchev–Trinajstić information content (AvgIpc) is 2.34. The van der Waals surface area contributed by atoms with Crippen LogP contribution in [0.3, 0.4) is 0 Å². The molecule has 1 aromatic rings. The van der Waals surface area contributed by atoms with Gasteiger partial charge in [-0.25, -0.2) is 0 Å². The summed E-state index contributed by atoms with van der Waals surface area (Å²) in [4.78, 5) is 14.3. The number of aryl methyl sites for hydroxylation is 1. The highest BCUT2D eigenvalue weighted by Crippen LogP contribution is 2.09. The van der Waals surface area contributed by atoms with Gasteiger partial charge in [0.05, 0.1) is 12.5 Å². The van der Waals surface area contributed by atoms with Gasteiger partial charge < -0.3 is 16.0 Å². The molecule has 1 rings (SSSR count). The largest absolute Gasteiger partial charge is 0.370 e. The van der Waals surface area contributed by atoms with Crippen molar-refractivity contribution in [3.8, 4) is 0 Å². The fourth-order valence-corrected chi connectivity index (χ4v) is 0.768. The molecule has 0 aliphatic carbocycles. The van der Waals surface area contributed by atoms with Gasteiger partial charge in [-0.3, -0.25) is 4.79 Å². The van der Waals surface area contributed by atoms with Crippen LogP contribution in [0.4, 0.5) is 0 Å². The van der Waals surface area contributed by atoms with E-state index in [0.717, 1.165) is 0 Å². The Labute approximate surface area is 81.1 Å².